The maximum Gasteiger partial charge on any atom is 0.237 e. The van der Waals surface area contributed by atoms with Crippen molar-refractivity contribution < 1.29 is 9.90 Å². The van der Waals surface area contributed by atoms with Crippen LogP contribution in [0.3, 0.4) is 0 Å². The molecule has 0 aromatic heterocycles. The molecule has 0 aliphatic carbocycles. The van der Waals surface area contributed by atoms with E-state index in [9.17, 15) is 9.90 Å². The van der Waals surface area contributed by atoms with Crippen LogP contribution in [0.2, 0.25) is 0 Å². The Hall–Kier alpha value is -1.39. The van der Waals surface area contributed by atoms with Gasteiger partial charge in [0.2, 0.25) is 5.91 Å². The third-order valence-electron chi connectivity index (χ3n) is 2.91. The van der Waals surface area contributed by atoms with E-state index in [4.69, 9.17) is 5.73 Å². The number of aliphatic hydroxyl groups is 1. The first kappa shape index (κ1) is 14.7. The average molecular weight is 250 g/mol. The van der Waals surface area contributed by atoms with E-state index < -0.39 is 6.04 Å². The Morgan fingerprint density at radius 3 is 2.44 bits per heavy atom. The fraction of sp³-hybridized carbons (Fsp3) is 0.500. The van der Waals surface area contributed by atoms with Crippen molar-refractivity contribution in [1.29, 1.82) is 0 Å². The van der Waals surface area contributed by atoms with Crippen LogP contribution in [0.25, 0.3) is 0 Å². The molecule has 4 heteroatoms. The first-order valence-electron chi connectivity index (χ1n) is 6.25. The lowest BCUT2D eigenvalue weighted by molar-refractivity contribution is -0.124. The number of carbonyl (C=O) groups excluding carboxylic acids is 1. The van der Waals surface area contributed by atoms with Gasteiger partial charge in [-0.1, -0.05) is 44.2 Å². The van der Waals surface area contributed by atoms with Gasteiger partial charge in [-0.05, 0) is 17.9 Å². The minimum absolute atomic E-state index is 0.0843. The molecule has 0 aliphatic rings. The number of nitrogens with two attached hydrogens (primary N) is 1. The van der Waals surface area contributed by atoms with E-state index in [0.717, 1.165) is 5.56 Å². The van der Waals surface area contributed by atoms with E-state index in [1.54, 1.807) is 0 Å². The molecule has 1 aromatic carbocycles. The Morgan fingerprint density at radius 2 is 1.94 bits per heavy atom. The van der Waals surface area contributed by atoms with Gasteiger partial charge in [-0.15, -0.1) is 0 Å². The minimum Gasteiger partial charge on any atom is -0.394 e. The fourth-order valence-electron chi connectivity index (χ4n) is 1.66. The van der Waals surface area contributed by atoms with Crippen molar-refractivity contribution in [1.82, 2.24) is 5.32 Å². The fourth-order valence-corrected chi connectivity index (χ4v) is 1.66. The Balaban J connectivity index is 2.55. The van der Waals surface area contributed by atoms with Crippen LogP contribution in [-0.2, 0) is 11.2 Å². The maximum atomic E-state index is 11.8. The lowest BCUT2D eigenvalue weighted by Crippen LogP contribution is -2.49. The van der Waals surface area contributed by atoms with Crippen LogP contribution in [0, 0.1) is 5.92 Å². The van der Waals surface area contributed by atoms with Crippen molar-refractivity contribution >= 4 is 5.91 Å². The largest absolute Gasteiger partial charge is 0.394 e. The quantitative estimate of drug-likeness (QED) is 0.695. The smallest absolute Gasteiger partial charge is 0.237 e. The normalized spacial score (nSPS) is 14.3. The number of hydrogen-bond donors (Lipinski definition) is 3. The second-order valence-corrected chi connectivity index (χ2v) is 4.85. The predicted molar refractivity (Wildman–Crippen MR) is 72.0 cm³/mol. The first-order chi connectivity index (χ1) is 8.54. The summed E-state index contributed by atoms with van der Waals surface area (Å²) in [7, 11) is 0. The van der Waals surface area contributed by atoms with Gasteiger partial charge >= 0.3 is 0 Å². The molecule has 0 bridgehead atoms. The second kappa shape index (κ2) is 7.13. The summed E-state index contributed by atoms with van der Waals surface area (Å²) in [6.07, 6.45) is 0.605. The topological polar surface area (TPSA) is 75.4 Å². The van der Waals surface area contributed by atoms with Crippen molar-refractivity contribution in [3.05, 3.63) is 35.9 Å². The van der Waals surface area contributed by atoms with Crippen LogP contribution in [-0.4, -0.2) is 29.7 Å². The van der Waals surface area contributed by atoms with Gasteiger partial charge in [0.05, 0.1) is 18.7 Å². The number of rotatable bonds is 6. The summed E-state index contributed by atoms with van der Waals surface area (Å²) in [5.41, 5.74) is 6.84. The van der Waals surface area contributed by atoms with Crippen LogP contribution >= 0.6 is 0 Å². The number of carbonyl (C=O) groups is 1. The summed E-state index contributed by atoms with van der Waals surface area (Å²) in [5, 5.41) is 12.1. The molecule has 1 unspecified atom stereocenters. The van der Waals surface area contributed by atoms with Crippen molar-refractivity contribution in [3.8, 4) is 0 Å². The summed E-state index contributed by atoms with van der Waals surface area (Å²) < 4.78 is 0. The molecule has 0 heterocycles. The van der Waals surface area contributed by atoms with Crippen molar-refractivity contribution in [2.45, 2.75) is 32.4 Å². The predicted octanol–water partition coefficient (Wildman–Crippen LogP) is 0.690. The number of benzene rings is 1. The summed E-state index contributed by atoms with van der Waals surface area (Å²) in [6, 6.07) is 8.93. The first-order valence-corrected chi connectivity index (χ1v) is 6.25. The third kappa shape index (κ3) is 4.47. The van der Waals surface area contributed by atoms with Gasteiger partial charge in [0, 0.05) is 0 Å². The van der Waals surface area contributed by atoms with Crippen LogP contribution in [0.5, 0.6) is 0 Å². The van der Waals surface area contributed by atoms with E-state index in [2.05, 4.69) is 5.32 Å². The lowest BCUT2D eigenvalue weighted by Gasteiger charge is -2.21. The van der Waals surface area contributed by atoms with Crippen molar-refractivity contribution in [3.63, 3.8) is 0 Å². The molecule has 100 valence electrons. The molecule has 0 aliphatic heterocycles. The highest BCUT2D eigenvalue weighted by Gasteiger charge is 2.20. The van der Waals surface area contributed by atoms with Gasteiger partial charge in [-0.3, -0.25) is 4.79 Å². The summed E-state index contributed by atoms with van der Waals surface area (Å²) in [5.74, 6) is -0.124. The Kier molecular flexibility index (Phi) is 5.82. The van der Waals surface area contributed by atoms with Gasteiger partial charge in [0.1, 0.15) is 0 Å². The highest BCUT2D eigenvalue weighted by molar-refractivity contribution is 5.82. The zero-order valence-corrected chi connectivity index (χ0v) is 11.0. The molecular formula is C14H22N2O2. The molecule has 2 atom stereocenters. The van der Waals surface area contributed by atoms with Crippen molar-refractivity contribution in [2.75, 3.05) is 6.61 Å². The zero-order chi connectivity index (χ0) is 13.5. The molecule has 0 saturated carbocycles. The number of nitrogens with one attached hydrogen (secondary N) is 1. The highest BCUT2D eigenvalue weighted by atomic mass is 16.3. The molecule has 0 radical (unpaired) electrons. The van der Waals surface area contributed by atoms with E-state index in [-0.39, 0.29) is 24.5 Å². The molecule has 18 heavy (non-hydrogen) atoms. The number of aliphatic hydroxyl groups excluding tert-OH is 1. The van der Waals surface area contributed by atoms with Crippen LogP contribution in [0.4, 0.5) is 0 Å². The Labute approximate surface area is 108 Å². The van der Waals surface area contributed by atoms with Crippen molar-refractivity contribution in [2.24, 2.45) is 11.7 Å². The molecule has 0 spiro atoms. The van der Waals surface area contributed by atoms with Crippen LogP contribution in [0.1, 0.15) is 19.4 Å². The van der Waals surface area contributed by atoms with Gasteiger partial charge in [-0.2, -0.15) is 0 Å². The molecule has 1 aromatic rings. The van der Waals surface area contributed by atoms with Gasteiger partial charge in [0.15, 0.2) is 0 Å². The third-order valence-corrected chi connectivity index (χ3v) is 2.91. The van der Waals surface area contributed by atoms with E-state index in [1.165, 1.54) is 0 Å². The SMILES string of the molecule is CC(C)C(N)C(=O)N[C@@H](CO)Cc1ccccc1. The monoisotopic (exact) mass is 250 g/mol. The summed E-state index contributed by atoms with van der Waals surface area (Å²) in [6.45, 7) is 3.70. The highest BCUT2D eigenvalue weighted by Crippen LogP contribution is 2.04. The second-order valence-electron chi connectivity index (χ2n) is 4.85. The Morgan fingerprint density at radius 1 is 1.33 bits per heavy atom. The van der Waals surface area contributed by atoms with Gasteiger partial charge in [0.25, 0.3) is 0 Å². The zero-order valence-electron chi connectivity index (χ0n) is 11.0. The number of amides is 1. The van der Waals surface area contributed by atoms with Gasteiger partial charge in [-0.25, -0.2) is 0 Å². The molecule has 1 rings (SSSR count). The van der Waals surface area contributed by atoms with E-state index >= 15 is 0 Å². The molecule has 0 fully saturated rings. The lowest BCUT2D eigenvalue weighted by atomic mass is 10.0. The number of hydrogen-bond acceptors (Lipinski definition) is 3. The summed E-state index contributed by atoms with van der Waals surface area (Å²) in [4.78, 5) is 11.8. The maximum absolute atomic E-state index is 11.8. The molecular weight excluding hydrogens is 228 g/mol. The van der Waals surface area contributed by atoms with Gasteiger partial charge < -0.3 is 16.2 Å². The van der Waals surface area contributed by atoms with Crippen LogP contribution < -0.4 is 11.1 Å². The minimum atomic E-state index is -0.533. The molecule has 0 saturated heterocycles. The standard InChI is InChI=1S/C14H22N2O2/c1-10(2)13(15)14(18)16-12(9-17)8-11-6-4-3-5-7-11/h3-7,10,12-13,17H,8-9,15H2,1-2H3,(H,16,18)/t12-,13?/m1/s1. The average Bonchev–Trinajstić information content (AvgIpc) is 2.37. The molecule has 4 N–H and O–H groups in total. The molecule has 1 amide bonds. The van der Waals surface area contributed by atoms with Crippen LogP contribution in [0.15, 0.2) is 30.3 Å². The molecule has 4 nitrogen and oxygen atoms in total. The van der Waals surface area contributed by atoms with E-state index in [1.807, 2.05) is 44.2 Å². The Bertz CT molecular complexity index is 365. The van der Waals surface area contributed by atoms with E-state index in [0.29, 0.717) is 6.42 Å². The summed E-state index contributed by atoms with van der Waals surface area (Å²) >= 11 is 0.